The molecule has 1 aliphatic rings. The van der Waals surface area contributed by atoms with Gasteiger partial charge in [-0.2, -0.15) is 0 Å². The molecule has 152 valence electrons. The van der Waals surface area contributed by atoms with E-state index in [0.29, 0.717) is 13.2 Å². The fraction of sp³-hybridized carbons (Fsp3) is 0.538. The van der Waals surface area contributed by atoms with Crippen molar-refractivity contribution in [1.82, 2.24) is 0 Å². The van der Waals surface area contributed by atoms with Gasteiger partial charge in [0.25, 0.3) is 0 Å². The van der Waals surface area contributed by atoms with Crippen LogP contribution in [-0.2, 0) is 15.9 Å². The number of aryl methyl sites for hydroxylation is 1. The molecule has 2 unspecified atom stereocenters. The standard InChI is InChI=1S/C26H36O2/c1-3-5-6-7-8-10-21-11-13-22(14-12-21)23-15-17-24(18-16-23)26-20-27-25(9-4-2)19-28-26/h11-18,25-26H,3-10,19-20H2,1-2H3. The van der Waals surface area contributed by atoms with E-state index >= 15 is 0 Å². The molecule has 1 heterocycles. The molecule has 0 amide bonds. The normalized spacial score (nSPS) is 19.6. The third kappa shape index (κ3) is 6.18. The average molecular weight is 381 g/mol. The van der Waals surface area contributed by atoms with Crippen molar-refractivity contribution in [1.29, 1.82) is 0 Å². The zero-order valence-electron chi connectivity index (χ0n) is 17.7. The summed E-state index contributed by atoms with van der Waals surface area (Å²) < 4.78 is 12.0. The summed E-state index contributed by atoms with van der Waals surface area (Å²) in [5.41, 5.74) is 5.21. The highest BCUT2D eigenvalue weighted by Gasteiger charge is 2.22. The van der Waals surface area contributed by atoms with Crippen LogP contribution in [0.4, 0.5) is 0 Å². The molecule has 28 heavy (non-hydrogen) atoms. The molecule has 3 rings (SSSR count). The molecule has 0 bridgehead atoms. The Labute approximate surface area is 171 Å². The van der Waals surface area contributed by atoms with Crippen LogP contribution in [-0.4, -0.2) is 19.3 Å². The van der Waals surface area contributed by atoms with E-state index in [1.54, 1.807) is 0 Å². The van der Waals surface area contributed by atoms with Crippen LogP contribution < -0.4 is 0 Å². The van der Waals surface area contributed by atoms with E-state index in [2.05, 4.69) is 62.4 Å². The number of benzene rings is 2. The summed E-state index contributed by atoms with van der Waals surface area (Å²) in [5, 5.41) is 0. The van der Waals surface area contributed by atoms with Gasteiger partial charge in [0.05, 0.1) is 19.3 Å². The van der Waals surface area contributed by atoms with Crippen LogP contribution in [0.1, 0.15) is 76.0 Å². The topological polar surface area (TPSA) is 18.5 Å². The van der Waals surface area contributed by atoms with Crippen LogP contribution in [0.3, 0.4) is 0 Å². The maximum Gasteiger partial charge on any atom is 0.106 e. The van der Waals surface area contributed by atoms with Crippen LogP contribution in [0.15, 0.2) is 48.5 Å². The maximum absolute atomic E-state index is 6.03. The van der Waals surface area contributed by atoms with Gasteiger partial charge in [0, 0.05) is 0 Å². The highest BCUT2D eigenvalue weighted by molar-refractivity contribution is 5.64. The Kier molecular flexibility index (Phi) is 8.57. The Hall–Kier alpha value is -1.64. The first-order valence-corrected chi connectivity index (χ1v) is 11.2. The summed E-state index contributed by atoms with van der Waals surface area (Å²) in [6, 6.07) is 17.9. The third-order valence-electron chi connectivity index (χ3n) is 5.72. The van der Waals surface area contributed by atoms with Crippen LogP contribution in [0, 0.1) is 0 Å². The van der Waals surface area contributed by atoms with Gasteiger partial charge in [-0.15, -0.1) is 0 Å². The Morgan fingerprint density at radius 2 is 1.39 bits per heavy atom. The molecule has 0 radical (unpaired) electrons. The van der Waals surface area contributed by atoms with Gasteiger partial charge >= 0.3 is 0 Å². The molecule has 2 atom stereocenters. The quantitative estimate of drug-likeness (QED) is 0.408. The number of ether oxygens (including phenoxy) is 2. The minimum Gasteiger partial charge on any atom is -0.373 e. The van der Waals surface area contributed by atoms with Gasteiger partial charge in [-0.3, -0.25) is 0 Å². The lowest BCUT2D eigenvalue weighted by Crippen LogP contribution is -2.30. The van der Waals surface area contributed by atoms with Crippen molar-refractivity contribution < 1.29 is 9.47 Å². The molecular weight excluding hydrogens is 344 g/mol. The summed E-state index contributed by atoms with van der Waals surface area (Å²) in [5.74, 6) is 0. The third-order valence-corrected chi connectivity index (χ3v) is 5.72. The molecule has 2 heteroatoms. The molecule has 1 fully saturated rings. The van der Waals surface area contributed by atoms with Crippen molar-refractivity contribution in [3.63, 3.8) is 0 Å². The van der Waals surface area contributed by atoms with Gasteiger partial charge in [-0.1, -0.05) is 94.5 Å². The summed E-state index contributed by atoms with van der Waals surface area (Å²) >= 11 is 0. The zero-order chi connectivity index (χ0) is 19.6. The minimum atomic E-state index is 0.0669. The Bertz CT molecular complexity index is 667. The first-order chi connectivity index (χ1) is 13.8. The number of hydrogen-bond donors (Lipinski definition) is 0. The van der Waals surface area contributed by atoms with Crippen LogP contribution in [0.2, 0.25) is 0 Å². The molecule has 1 aliphatic heterocycles. The molecule has 0 aliphatic carbocycles. The molecular formula is C26H36O2. The lowest BCUT2D eigenvalue weighted by atomic mass is 9.99. The lowest BCUT2D eigenvalue weighted by molar-refractivity contribution is -0.137. The summed E-state index contributed by atoms with van der Waals surface area (Å²) in [6.45, 7) is 5.83. The molecule has 0 saturated carbocycles. The van der Waals surface area contributed by atoms with E-state index in [4.69, 9.17) is 9.47 Å². The molecule has 2 nitrogen and oxygen atoms in total. The average Bonchev–Trinajstić information content (AvgIpc) is 2.75. The first kappa shape index (κ1) is 21.1. The van der Waals surface area contributed by atoms with E-state index in [9.17, 15) is 0 Å². The molecule has 0 aromatic heterocycles. The van der Waals surface area contributed by atoms with E-state index < -0.39 is 0 Å². The van der Waals surface area contributed by atoms with Gasteiger partial charge in [0.1, 0.15) is 6.10 Å². The monoisotopic (exact) mass is 380 g/mol. The highest BCUT2D eigenvalue weighted by atomic mass is 16.6. The molecule has 2 aromatic carbocycles. The maximum atomic E-state index is 6.03. The van der Waals surface area contributed by atoms with Crippen molar-refractivity contribution in [2.75, 3.05) is 13.2 Å². The largest absolute Gasteiger partial charge is 0.373 e. The predicted molar refractivity (Wildman–Crippen MR) is 118 cm³/mol. The Morgan fingerprint density at radius 1 is 0.714 bits per heavy atom. The number of hydrogen-bond acceptors (Lipinski definition) is 2. The van der Waals surface area contributed by atoms with Gasteiger partial charge in [0.15, 0.2) is 0 Å². The van der Waals surface area contributed by atoms with Crippen LogP contribution >= 0.6 is 0 Å². The van der Waals surface area contributed by atoms with E-state index in [1.807, 2.05) is 0 Å². The van der Waals surface area contributed by atoms with Crippen molar-refractivity contribution >= 4 is 0 Å². The molecule has 0 spiro atoms. The van der Waals surface area contributed by atoms with Gasteiger partial charge in [-0.05, 0) is 41.5 Å². The van der Waals surface area contributed by atoms with Gasteiger partial charge in [-0.25, -0.2) is 0 Å². The smallest absolute Gasteiger partial charge is 0.106 e. The lowest BCUT2D eigenvalue weighted by Gasteiger charge is -2.29. The minimum absolute atomic E-state index is 0.0669. The van der Waals surface area contributed by atoms with E-state index in [-0.39, 0.29) is 12.2 Å². The van der Waals surface area contributed by atoms with Crippen LogP contribution in [0.25, 0.3) is 11.1 Å². The molecule has 0 N–H and O–H groups in total. The Balaban J connectivity index is 1.51. The summed E-state index contributed by atoms with van der Waals surface area (Å²) in [4.78, 5) is 0. The molecule has 1 saturated heterocycles. The van der Waals surface area contributed by atoms with Crippen molar-refractivity contribution in [3.05, 3.63) is 59.7 Å². The molecule has 2 aromatic rings. The second-order valence-corrected chi connectivity index (χ2v) is 8.05. The fourth-order valence-corrected chi connectivity index (χ4v) is 3.91. The predicted octanol–water partition coefficient (Wildman–Crippen LogP) is 7.12. The van der Waals surface area contributed by atoms with Crippen LogP contribution in [0.5, 0.6) is 0 Å². The van der Waals surface area contributed by atoms with Crippen molar-refractivity contribution in [2.45, 2.75) is 77.4 Å². The highest BCUT2D eigenvalue weighted by Crippen LogP contribution is 2.27. The van der Waals surface area contributed by atoms with Crippen molar-refractivity contribution in [2.24, 2.45) is 0 Å². The van der Waals surface area contributed by atoms with E-state index in [0.717, 1.165) is 12.8 Å². The Morgan fingerprint density at radius 3 is 2.00 bits per heavy atom. The fourth-order valence-electron chi connectivity index (χ4n) is 3.91. The van der Waals surface area contributed by atoms with Crippen molar-refractivity contribution in [3.8, 4) is 11.1 Å². The SMILES string of the molecule is CCCCCCCc1ccc(-c2ccc(C3COC(CCC)CO3)cc2)cc1. The zero-order valence-corrected chi connectivity index (χ0v) is 17.7. The second kappa shape index (κ2) is 11.4. The summed E-state index contributed by atoms with van der Waals surface area (Å²) in [6.07, 6.45) is 10.5. The number of rotatable bonds is 10. The van der Waals surface area contributed by atoms with E-state index in [1.165, 1.54) is 60.8 Å². The summed E-state index contributed by atoms with van der Waals surface area (Å²) in [7, 11) is 0. The number of unbranched alkanes of at least 4 members (excludes halogenated alkanes) is 4. The van der Waals surface area contributed by atoms with Gasteiger partial charge in [0.2, 0.25) is 0 Å². The second-order valence-electron chi connectivity index (χ2n) is 8.05. The van der Waals surface area contributed by atoms with Gasteiger partial charge < -0.3 is 9.47 Å². The first-order valence-electron chi connectivity index (χ1n) is 11.2.